The van der Waals surface area contributed by atoms with E-state index >= 15 is 0 Å². The van der Waals surface area contributed by atoms with E-state index in [4.69, 9.17) is 4.74 Å². The molecule has 1 saturated carbocycles. The maximum absolute atomic E-state index is 13.4. The van der Waals surface area contributed by atoms with Crippen molar-refractivity contribution in [1.82, 2.24) is 9.80 Å². The number of aliphatic hydroxyl groups is 1. The van der Waals surface area contributed by atoms with Gasteiger partial charge in [-0.25, -0.2) is 0 Å². The third kappa shape index (κ3) is 4.95. The maximum atomic E-state index is 13.4. The van der Waals surface area contributed by atoms with E-state index in [0.717, 1.165) is 30.6 Å². The molecule has 2 bridgehead atoms. The average Bonchev–Trinajstić information content (AvgIpc) is 3.34. The molecule has 0 unspecified atom stereocenters. The average molecular weight is 621 g/mol. The summed E-state index contributed by atoms with van der Waals surface area (Å²) in [6, 6.07) is 18.7. The highest BCUT2D eigenvalue weighted by Gasteiger charge is 2.72. The van der Waals surface area contributed by atoms with E-state index < -0.39 is 23.5 Å². The summed E-state index contributed by atoms with van der Waals surface area (Å²) in [5.41, 5.74) is 1.70. The molecule has 2 fully saturated rings. The van der Waals surface area contributed by atoms with Crippen LogP contribution in [0, 0.1) is 0 Å². The maximum Gasteiger partial charge on any atom is 0.573 e. The molecule has 0 aromatic heterocycles. The number of alkyl halides is 3. The fourth-order valence-electron chi connectivity index (χ4n) is 8.39. The first-order valence-electron chi connectivity index (χ1n) is 15.3. The van der Waals surface area contributed by atoms with Crippen molar-refractivity contribution in [1.29, 1.82) is 0 Å². The molecule has 1 saturated heterocycles. The number of phenolic OH excluding ortho intramolecular Hbond substituents is 1. The number of likely N-dealkylation sites (tertiary alicyclic amines) is 1. The third-order valence-corrected chi connectivity index (χ3v) is 10.4. The van der Waals surface area contributed by atoms with Crippen LogP contribution in [-0.4, -0.2) is 76.2 Å². The number of likely N-dealkylation sites (N-methyl/N-ethyl adjacent to an activating group) is 1. The van der Waals surface area contributed by atoms with Crippen LogP contribution in [0.25, 0.3) is 6.08 Å². The second-order valence-electron chi connectivity index (χ2n) is 12.7. The van der Waals surface area contributed by atoms with Crippen LogP contribution in [0.4, 0.5) is 13.2 Å². The second kappa shape index (κ2) is 10.8. The Bertz CT molecular complexity index is 1650. The molecule has 1 amide bonds. The number of hydrogen-bond acceptors (Lipinski definition) is 6. The fraction of sp³-hybridized carbons (Fsp3) is 0.400. The van der Waals surface area contributed by atoms with Gasteiger partial charge in [-0.2, -0.15) is 0 Å². The fourth-order valence-corrected chi connectivity index (χ4v) is 8.39. The first-order valence-corrected chi connectivity index (χ1v) is 15.3. The normalized spacial score (nSPS) is 28.4. The number of nitrogens with zero attached hydrogens (tertiary/aromatic N) is 2. The Kier molecular flexibility index (Phi) is 7.13. The lowest BCUT2D eigenvalue weighted by atomic mass is 9.48. The molecule has 10 heteroatoms. The van der Waals surface area contributed by atoms with Crippen molar-refractivity contribution in [3.63, 3.8) is 0 Å². The highest BCUT2D eigenvalue weighted by atomic mass is 19.4. The van der Waals surface area contributed by atoms with E-state index in [2.05, 4.69) is 21.8 Å². The van der Waals surface area contributed by atoms with Crippen LogP contribution in [0.2, 0.25) is 0 Å². The smallest absolute Gasteiger partial charge is 0.504 e. The second-order valence-corrected chi connectivity index (χ2v) is 12.7. The number of rotatable bonds is 7. The molecule has 7 nitrogen and oxygen atoms in total. The Morgan fingerprint density at radius 1 is 1.16 bits per heavy atom. The Hall–Kier alpha value is -4.02. The van der Waals surface area contributed by atoms with Gasteiger partial charge < -0.3 is 24.6 Å². The molecule has 2 aliphatic carbocycles. The van der Waals surface area contributed by atoms with Crippen molar-refractivity contribution in [2.24, 2.45) is 0 Å². The van der Waals surface area contributed by atoms with Gasteiger partial charge in [0.15, 0.2) is 11.5 Å². The zero-order valence-corrected chi connectivity index (χ0v) is 24.8. The van der Waals surface area contributed by atoms with E-state index in [1.54, 1.807) is 24.1 Å². The number of carbonyl (C=O) groups excluding carboxylic acids is 1. The molecule has 2 heterocycles. The van der Waals surface area contributed by atoms with Gasteiger partial charge in [-0.1, -0.05) is 48.5 Å². The van der Waals surface area contributed by atoms with Gasteiger partial charge in [0.2, 0.25) is 5.91 Å². The molecule has 0 radical (unpaired) electrons. The Morgan fingerprint density at radius 3 is 2.73 bits per heavy atom. The van der Waals surface area contributed by atoms with Crippen molar-refractivity contribution < 1.29 is 37.7 Å². The predicted molar refractivity (Wildman–Crippen MR) is 161 cm³/mol. The van der Waals surface area contributed by atoms with Crippen molar-refractivity contribution in [2.45, 2.75) is 67.7 Å². The summed E-state index contributed by atoms with van der Waals surface area (Å²) < 4.78 is 48.5. The number of phenols is 1. The summed E-state index contributed by atoms with van der Waals surface area (Å²) in [7, 11) is 1.68. The number of ether oxygens (including phenoxy) is 2. The van der Waals surface area contributed by atoms with E-state index in [1.807, 2.05) is 24.3 Å². The minimum absolute atomic E-state index is 0.0606. The minimum Gasteiger partial charge on any atom is -0.504 e. The molecule has 3 aromatic rings. The molecule has 236 valence electrons. The topological polar surface area (TPSA) is 82.5 Å². The molecule has 5 atom stereocenters. The molecule has 4 aliphatic rings. The van der Waals surface area contributed by atoms with Gasteiger partial charge in [-0.3, -0.25) is 9.69 Å². The number of carbonyl (C=O) groups is 1. The first-order chi connectivity index (χ1) is 21.5. The molecule has 45 heavy (non-hydrogen) atoms. The van der Waals surface area contributed by atoms with Crippen LogP contribution in [0.1, 0.15) is 41.5 Å². The standard InChI is InChI=1S/C35H35F3N2O5/c1-39(30(42)13-10-23-8-5-9-26(18-23)45-35(36,37)38)25-20-29-33-15-17-40(16-14-22-6-3-2-4-7-22)28(34(33,43)21-25)19-24-11-12-27(41)32(44-29)31(24)33/h2-13,18,25,28-29,41,43H,14-17,19-21H2,1H3/t25-,28-,29+,33-,34-/m1/s1. The highest BCUT2D eigenvalue weighted by Crippen LogP contribution is 2.65. The van der Waals surface area contributed by atoms with Crippen LogP contribution >= 0.6 is 0 Å². The molecule has 1 spiro atoms. The number of aromatic hydroxyl groups is 1. The predicted octanol–water partition coefficient (Wildman–Crippen LogP) is 5.23. The molecule has 3 aromatic carbocycles. The van der Waals surface area contributed by atoms with E-state index in [-0.39, 0.29) is 29.5 Å². The van der Waals surface area contributed by atoms with Crippen molar-refractivity contribution in [3.05, 3.63) is 95.1 Å². The lowest BCUT2D eigenvalue weighted by Crippen LogP contribution is -2.77. The van der Waals surface area contributed by atoms with Crippen molar-refractivity contribution in [2.75, 3.05) is 20.1 Å². The van der Waals surface area contributed by atoms with Crippen LogP contribution in [0.5, 0.6) is 17.2 Å². The van der Waals surface area contributed by atoms with Crippen LogP contribution < -0.4 is 9.47 Å². The minimum atomic E-state index is -4.81. The lowest BCUT2D eigenvalue weighted by molar-refractivity contribution is -0.274. The zero-order valence-electron chi connectivity index (χ0n) is 24.8. The quantitative estimate of drug-likeness (QED) is 0.353. The number of benzene rings is 3. The van der Waals surface area contributed by atoms with Crippen LogP contribution in [0.15, 0.2) is 72.8 Å². The Balaban J connectivity index is 1.16. The van der Waals surface area contributed by atoms with Gasteiger partial charge in [-0.15, -0.1) is 13.2 Å². The first kappa shape index (κ1) is 29.7. The number of amides is 1. The van der Waals surface area contributed by atoms with Crippen molar-refractivity contribution >= 4 is 12.0 Å². The largest absolute Gasteiger partial charge is 0.573 e. The SMILES string of the molecule is CN(C(=O)C=Cc1cccc(OC(F)(F)F)c1)[C@@H]1C[C@@H]2Oc3c(O)ccc4c3[C@@]23CCN(CCc2ccccc2)[C@H](C4)[C@]3(O)C1. The zero-order chi connectivity index (χ0) is 31.6. The monoisotopic (exact) mass is 620 g/mol. The summed E-state index contributed by atoms with van der Waals surface area (Å²) in [5.74, 6) is -0.206. The molecular formula is C35H35F3N2O5. The summed E-state index contributed by atoms with van der Waals surface area (Å²) in [5, 5.41) is 23.8. The number of hydrogen-bond donors (Lipinski definition) is 2. The summed E-state index contributed by atoms with van der Waals surface area (Å²) in [4.78, 5) is 17.4. The van der Waals surface area contributed by atoms with Crippen molar-refractivity contribution in [3.8, 4) is 17.2 Å². The van der Waals surface area contributed by atoms with Gasteiger partial charge >= 0.3 is 6.36 Å². The Morgan fingerprint density at radius 2 is 1.96 bits per heavy atom. The molecular weight excluding hydrogens is 585 g/mol. The van der Waals surface area contributed by atoms with Crippen LogP contribution in [-0.2, 0) is 23.1 Å². The van der Waals surface area contributed by atoms with E-state index in [0.29, 0.717) is 37.0 Å². The molecule has 2 N–H and O–H groups in total. The van der Waals surface area contributed by atoms with E-state index in [1.165, 1.54) is 35.9 Å². The van der Waals surface area contributed by atoms with Crippen LogP contribution in [0.3, 0.4) is 0 Å². The van der Waals surface area contributed by atoms with Gasteiger partial charge in [0.25, 0.3) is 0 Å². The van der Waals surface area contributed by atoms with Gasteiger partial charge in [0.1, 0.15) is 11.9 Å². The highest BCUT2D eigenvalue weighted by molar-refractivity contribution is 5.92. The third-order valence-electron chi connectivity index (χ3n) is 10.4. The van der Waals surface area contributed by atoms with E-state index in [9.17, 15) is 28.2 Å². The molecule has 2 aliphatic heterocycles. The summed E-state index contributed by atoms with van der Waals surface area (Å²) >= 11 is 0. The summed E-state index contributed by atoms with van der Waals surface area (Å²) in [6.07, 6.45) is 0.447. The molecule has 7 rings (SSSR count). The van der Waals surface area contributed by atoms with Gasteiger partial charge in [-0.05, 0) is 73.2 Å². The van der Waals surface area contributed by atoms with Gasteiger partial charge in [0, 0.05) is 43.7 Å². The number of piperidine rings is 1. The summed E-state index contributed by atoms with van der Waals surface area (Å²) in [6.45, 7) is 1.56. The lowest BCUT2D eigenvalue weighted by Gasteiger charge is -2.64. The Labute approximate surface area is 259 Å². The number of halogens is 3. The van der Waals surface area contributed by atoms with Gasteiger partial charge in [0.05, 0.1) is 11.0 Å².